The zero-order chi connectivity index (χ0) is 29.3. The number of nitrogens with one attached hydrogen (secondary N) is 2. The van der Waals surface area contributed by atoms with Crippen LogP contribution in [0.3, 0.4) is 0 Å². The molecule has 0 aliphatic carbocycles. The summed E-state index contributed by atoms with van der Waals surface area (Å²) >= 11 is 0. The van der Waals surface area contributed by atoms with Crippen molar-refractivity contribution >= 4 is 18.2 Å². The zero-order valence-corrected chi connectivity index (χ0v) is 24.5. The minimum Gasteiger partial charge on any atom is -0.460 e. The molecule has 1 unspecified atom stereocenters. The highest BCUT2D eigenvalue weighted by Gasteiger charge is 2.23. The number of carbonyl (C=O) groups excluding carboxylic acids is 3. The summed E-state index contributed by atoms with van der Waals surface area (Å²) in [5, 5.41) is 5.28. The predicted octanol–water partition coefficient (Wildman–Crippen LogP) is 3.50. The number of hydrogen-bond donors (Lipinski definition) is 2. The number of esters is 1. The van der Waals surface area contributed by atoms with Gasteiger partial charge in [-0.1, -0.05) is 30.3 Å². The average molecular weight is 554 g/mol. The quantitative estimate of drug-likeness (QED) is 0.180. The van der Waals surface area contributed by atoms with Gasteiger partial charge in [0.1, 0.15) is 23.9 Å². The second kappa shape index (κ2) is 17.6. The zero-order valence-electron chi connectivity index (χ0n) is 24.5. The van der Waals surface area contributed by atoms with E-state index in [0.29, 0.717) is 52.6 Å². The van der Waals surface area contributed by atoms with Gasteiger partial charge in [0.25, 0.3) is 0 Å². The Balaban J connectivity index is 2.46. The predicted molar refractivity (Wildman–Crippen MR) is 147 cm³/mol. The normalized spacial score (nSPS) is 12.5. The van der Waals surface area contributed by atoms with Crippen molar-refractivity contribution < 1.29 is 38.1 Å². The highest BCUT2D eigenvalue weighted by molar-refractivity contribution is 5.75. The summed E-state index contributed by atoms with van der Waals surface area (Å²) in [4.78, 5) is 38.1. The molecule has 1 aromatic rings. The Bertz CT molecular complexity index is 813. The van der Waals surface area contributed by atoms with Crippen LogP contribution < -0.4 is 10.6 Å². The highest BCUT2D eigenvalue weighted by Crippen LogP contribution is 2.08. The summed E-state index contributed by atoms with van der Waals surface area (Å²) < 4.78 is 27.2. The number of ether oxygens (including phenoxy) is 5. The summed E-state index contributed by atoms with van der Waals surface area (Å²) in [5.41, 5.74) is -0.221. The first-order valence-corrected chi connectivity index (χ1v) is 13.3. The van der Waals surface area contributed by atoms with Crippen molar-refractivity contribution in [3.63, 3.8) is 0 Å². The van der Waals surface area contributed by atoms with Crippen molar-refractivity contribution in [1.29, 1.82) is 0 Å². The van der Waals surface area contributed by atoms with Gasteiger partial charge in [0.05, 0.1) is 26.4 Å². The molecule has 1 rings (SSSR count). The van der Waals surface area contributed by atoms with Gasteiger partial charge in [-0.25, -0.2) is 9.59 Å². The van der Waals surface area contributed by atoms with E-state index in [4.69, 9.17) is 23.7 Å². The minimum atomic E-state index is -0.565. The van der Waals surface area contributed by atoms with Crippen molar-refractivity contribution in [2.75, 3.05) is 52.6 Å². The molecule has 1 atom stereocenters. The molecule has 222 valence electrons. The number of nitrogens with zero attached hydrogens (tertiary/aromatic N) is 1. The molecule has 1 aromatic carbocycles. The molecule has 2 N–H and O–H groups in total. The Kier molecular flexibility index (Phi) is 15.4. The number of alkyl carbamates (subject to hydrolysis) is 2. The highest BCUT2D eigenvalue weighted by atomic mass is 16.6. The van der Waals surface area contributed by atoms with Crippen LogP contribution in [0.25, 0.3) is 0 Å². The molecule has 11 nitrogen and oxygen atoms in total. The second-order valence-electron chi connectivity index (χ2n) is 10.9. The number of hydrogen-bond acceptors (Lipinski definition) is 9. The number of amides is 2. The van der Waals surface area contributed by atoms with E-state index in [1.165, 1.54) is 0 Å². The maximum atomic E-state index is 12.7. The van der Waals surface area contributed by atoms with Crippen LogP contribution in [-0.2, 0) is 35.1 Å². The molecule has 0 saturated heterocycles. The number of rotatable bonds is 16. The summed E-state index contributed by atoms with van der Waals surface area (Å²) in [6, 6.07) is 8.95. The smallest absolute Gasteiger partial charge is 0.407 e. The largest absolute Gasteiger partial charge is 0.460 e. The van der Waals surface area contributed by atoms with Crippen molar-refractivity contribution in [2.24, 2.45) is 0 Å². The number of carbonyl (C=O) groups is 3. The van der Waals surface area contributed by atoms with Gasteiger partial charge in [-0.15, -0.1) is 0 Å². The fourth-order valence-electron chi connectivity index (χ4n) is 3.14. The van der Waals surface area contributed by atoms with Crippen LogP contribution in [0, 0.1) is 0 Å². The standard InChI is InChI=1S/C28H47N3O8/c1-22(24(32)37-21-23-11-9-8-10-12-23)31(15-19-35-17-13-29-25(33)38-27(2,3)4)16-20-36-18-14-30-26(34)39-28(5,6)7/h8-12,22H,13-21H2,1-7H3,(H,29,33)(H,30,34). The molecule has 0 heterocycles. The maximum Gasteiger partial charge on any atom is 0.407 e. The Morgan fingerprint density at radius 2 is 1.23 bits per heavy atom. The van der Waals surface area contributed by atoms with Gasteiger partial charge in [-0.3, -0.25) is 9.69 Å². The van der Waals surface area contributed by atoms with E-state index in [1.807, 2.05) is 35.2 Å². The van der Waals surface area contributed by atoms with Crippen LogP contribution in [0.15, 0.2) is 30.3 Å². The summed E-state index contributed by atoms with van der Waals surface area (Å²) in [7, 11) is 0. The van der Waals surface area contributed by atoms with E-state index in [0.717, 1.165) is 5.56 Å². The lowest BCUT2D eigenvalue weighted by Crippen LogP contribution is -2.44. The van der Waals surface area contributed by atoms with Crippen LogP contribution in [0.5, 0.6) is 0 Å². The van der Waals surface area contributed by atoms with Gasteiger partial charge in [0, 0.05) is 26.2 Å². The summed E-state index contributed by atoms with van der Waals surface area (Å²) in [6.45, 7) is 15.5. The lowest BCUT2D eigenvalue weighted by atomic mass is 10.2. The first kappa shape index (κ1) is 34.1. The van der Waals surface area contributed by atoms with Gasteiger partial charge in [0.15, 0.2) is 0 Å². The minimum absolute atomic E-state index is 0.192. The molecule has 0 aliphatic rings. The molecule has 0 spiro atoms. The van der Waals surface area contributed by atoms with Crippen molar-refractivity contribution in [1.82, 2.24) is 15.5 Å². The average Bonchev–Trinajstić information content (AvgIpc) is 2.83. The Morgan fingerprint density at radius 1 is 0.769 bits per heavy atom. The molecule has 0 fully saturated rings. The van der Waals surface area contributed by atoms with E-state index < -0.39 is 29.4 Å². The molecule has 0 saturated carbocycles. The van der Waals surface area contributed by atoms with Crippen molar-refractivity contribution in [2.45, 2.75) is 72.3 Å². The van der Waals surface area contributed by atoms with Gasteiger partial charge in [-0.05, 0) is 54.0 Å². The SMILES string of the molecule is CC(C(=O)OCc1ccccc1)N(CCOCCNC(=O)OC(C)(C)C)CCOCCNC(=O)OC(C)(C)C. The van der Waals surface area contributed by atoms with E-state index in [-0.39, 0.29) is 12.6 Å². The molecule has 0 radical (unpaired) electrons. The van der Waals surface area contributed by atoms with Crippen molar-refractivity contribution in [3.8, 4) is 0 Å². The fraction of sp³-hybridized carbons (Fsp3) is 0.679. The molecule has 0 aromatic heterocycles. The van der Waals surface area contributed by atoms with Crippen LogP contribution in [-0.4, -0.2) is 92.9 Å². The summed E-state index contributed by atoms with van der Waals surface area (Å²) in [6.07, 6.45) is -0.998. The van der Waals surface area contributed by atoms with E-state index in [1.54, 1.807) is 48.5 Å². The molecule has 2 amide bonds. The Hall–Kier alpha value is -2.89. The van der Waals surface area contributed by atoms with Crippen LogP contribution in [0.4, 0.5) is 9.59 Å². The van der Waals surface area contributed by atoms with Gasteiger partial charge in [-0.2, -0.15) is 0 Å². The maximum absolute atomic E-state index is 12.7. The third-order valence-electron chi connectivity index (χ3n) is 4.99. The van der Waals surface area contributed by atoms with Crippen LogP contribution >= 0.6 is 0 Å². The third-order valence-corrected chi connectivity index (χ3v) is 4.99. The fourth-order valence-corrected chi connectivity index (χ4v) is 3.14. The Morgan fingerprint density at radius 3 is 1.67 bits per heavy atom. The molecule has 11 heteroatoms. The van der Waals surface area contributed by atoms with Gasteiger partial charge in [0.2, 0.25) is 0 Å². The van der Waals surface area contributed by atoms with E-state index >= 15 is 0 Å². The third kappa shape index (κ3) is 18.1. The number of benzene rings is 1. The lowest BCUT2D eigenvalue weighted by Gasteiger charge is -2.27. The molecular formula is C28H47N3O8. The van der Waals surface area contributed by atoms with Crippen LogP contribution in [0.2, 0.25) is 0 Å². The molecule has 0 bridgehead atoms. The van der Waals surface area contributed by atoms with Gasteiger partial charge >= 0.3 is 18.2 Å². The molecule has 0 aliphatic heterocycles. The topological polar surface area (TPSA) is 125 Å². The molecule has 39 heavy (non-hydrogen) atoms. The van der Waals surface area contributed by atoms with E-state index in [9.17, 15) is 14.4 Å². The van der Waals surface area contributed by atoms with E-state index in [2.05, 4.69) is 10.6 Å². The Labute approximate surface area is 232 Å². The second-order valence-corrected chi connectivity index (χ2v) is 10.9. The first-order chi connectivity index (χ1) is 18.3. The first-order valence-electron chi connectivity index (χ1n) is 13.3. The lowest BCUT2D eigenvalue weighted by molar-refractivity contribution is -0.151. The van der Waals surface area contributed by atoms with Gasteiger partial charge < -0.3 is 34.3 Å². The monoisotopic (exact) mass is 553 g/mol. The van der Waals surface area contributed by atoms with Crippen molar-refractivity contribution in [3.05, 3.63) is 35.9 Å². The molecular weight excluding hydrogens is 506 g/mol. The van der Waals surface area contributed by atoms with Crippen LogP contribution in [0.1, 0.15) is 54.0 Å². The summed E-state index contributed by atoms with van der Waals surface area (Å²) in [5.74, 6) is -0.350.